The molecule has 0 bridgehead atoms. The smallest absolute Gasteiger partial charge is 0.265 e. The number of hydrogen-bond donors (Lipinski definition) is 1. The molecule has 1 saturated carbocycles. The highest BCUT2D eigenvalue weighted by molar-refractivity contribution is 7.16. The van der Waals surface area contributed by atoms with E-state index in [1.54, 1.807) is 17.3 Å². The molecule has 2 aromatic heterocycles. The Morgan fingerprint density at radius 3 is 2.83 bits per heavy atom. The quantitative estimate of drug-likeness (QED) is 0.871. The van der Waals surface area contributed by atoms with E-state index in [1.165, 1.54) is 24.2 Å². The Hall–Kier alpha value is -1.86. The highest BCUT2D eigenvalue weighted by Crippen LogP contribution is 2.31. The number of carbonyl (C=O) groups excluding carboxylic acids is 1. The molecule has 24 heavy (non-hydrogen) atoms. The van der Waals surface area contributed by atoms with Gasteiger partial charge in [0.15, 0.2) is 0 Å². The van der Waals surface area contributed by atoms with Crippen molar-refractivity contribution in [3.63, 3.8) is 0 Å². The van der Waals surface area contributed by atoms with Crippen LogP contribution in [0.1, 0.15) is 46.9 Å². The normalized spacial score (nSPS) is 15.3. The lowest BCUT2D eigenvalue weighted by Gasteiger charge is -2.15. The second-order valence-corrected chi connectivity index (χ2v) is 7.44. The van der Waals surface area contributed by atoms with E-state index in [1.807, 2.05) is 27.9 Å². The summed E-state index contributed by atoms with van der Waals surface area (Å²) in [5.74, 6) is 0.714. The second kappa shape index (κ2) is 6.94. The van der Waals surface area contributed by atoms with Gasteiger partial charge in [0.2, 0.25) is 0 Å². The molecule has 2 aromatic rings. The van der Waals surface area contributed by atoms with Crippen LogP contribution in [-0.4, -0.2) is 46.4 Å². The average Bonchev–Trinajstić information content (AvgIpc) is 3.26. The van der Waals surface area contributed by atoms with Crippen molar-refractivity contribution in [2.24, 2.45) is 5.92 Å². The van der Waals surface area contributed by atoms with Crippen molar-refractivity contribution in [2.45, 2.75) is 32.7 Å². The number of amides is 1. The molecule has 0 spiro atoms. The van der Waals surface area contributed by atoms with E-state index in [2.05, 4.69) is 20.3 Å². The molecule has 1 amide bonds. The summed E-state index contributed by atoms with van der Waals surface area (Å²) in [6.45, 7) is 4.79. The standard InChI is InChI=1S/C17H23N5OS/c1-10-7-19-15(14(21-10)11(2)18-3)16-20-8-13(24-16)17(23)22(4)9-12-5-6-12/h7-8,11-12,18H,5-6,9H2,1-4H3. The number of aryl methyl sites for hydroxylation is 1. The molecule has 1 aliphatic carbocycles. The largest absolute Gasteiger partial charge is 0.341 e. The van der Waals surface area contributed by atoms with Gasteiger partial charge in [-0.1, -0.05) is 0 Å². The van der Waals surface area contributed by atoms with E-state index in [0.717, 1.165) is 28.6 Å². The minimum Gasteiger partial charge on any atom is -0.341 e. The van der Waals surface area contributed by atoms with Gasteiger partial charge in [0.05, 0.1) is 17.6 Å². The van der Waals surface area contributed by atoms with E-state index in [0.29, 0.717) is 10.8 Å². The van der Waals surface area contributed by atoms with Gasteiger partial charge in [-0.15, -0.1) is 11.3 Å². The van der Waals surface area contributed by atoms with Crippen molar-refractivity contribution < 1.29 is 4.79 Å². The van der Waals surface area contributed by atoms with E-state index in [4.69, 9.17) is 0 Å². The van der Waals surface area contributed by atoms with E-state index in [9.17, 15) is 4.79 Å². The monoisotopic (exact) mass is 345 g/mol. The lowest BCUT2D eigenvalue weighted by atomic mass is 10.2. The molecule has 0 saturated heterocycles. The van der Waals surface area contributed by atoms with E-state index >= 15 is 0 Å². The van der Waals surface area contributed by atoms with Gasteiger partial charge in [-0.25, -0.2) is 9.97 Å². The summed E-state index contributed by atoms with van der Waals surface area (Å²) in [6, 6.07) is 0.0630. The minimum absolute atomic E-state index is 0.0361. The maximum Gasteiger partial charge on any atom is 0.265 e. The summed E-state index contributed by atoms with van der Waals surface area (Å²) in [5, 5.41) is 3.93. The maximum absolute atomic E-state index is 12.5. The zero-order valence-electron chi connectivity index (χ0n) is 14.5. The number of hydrogen-bond acceptors (Lipinski definition) is 6. The first-order valence-electron chi connectivity index (χ1n) is 8.22. The Morgan fingerprint density at radius 1 is 1.42 bits per heavy atom. The number of nitrogens with zero attached hydrogens (tertiary/aromatic N) is 4. The zero-order chi connectivity index (χ0) is 17.3. The molecule has 1 atom stereocenters. The molecule has 6 nitrogen and oxygen atoms in total. The number of aromatic nitrogens is 3. The Balaban J connectivity index is 1.86. The van der Waals surface area contributed by atoms with E-state index in [-0.39, 0.29) is 11.9 Å². The van der Waals surface area contributed by atoms with Crippen molar-refractivity contribution in [1.29, 1.82) is 0 Å². The fraction of sp³-hybridized carbons (Fsp3) is 0.529. The lowest BCUT2D eigenvalue weighted by Crippen LogP contribution is -2.28. The summed E-state index contributed by atoms with van der Waals surface area (Å²) in [4.78, 5) is 28.5. The predicted molar refractivity (Wildman–Crippen MR) is 95.0 cm³/mol. The second-order valence-electron chi connectivity index (χ2n) is 6.41. The SMILES string of the molecule is CNC(C)c1nc(C)cnc1-c1ncc(C(=O)N(C)CC2CC2)s1. The Morgan fingerprint density at radius 2 is 2.17 bits per heavy atom. The van der Waals surface area contributed by atoms with Crippen molar-refractivity contribution in [2.75, 3.05) is 20.6 Å². The summed E-state index contributed by atoms with van der Waals surface area (Å²) in [5.41, 5.74) is 2.47. The molecule has 0 aromatic carbocycles. The first kappa shape index (κ1) is 17.0. The molecular weight excluding hydrogens is 322 g/mol. The highest BCUT2D eigenvalue weighted by Gasteiger charge is 2.26. The van der Waals surface area contributed by atoms with Crippen LogP contribution >= 0.6 is 11.3 Å². The molecule has 1 unspecified atom stereocenters. The van der Waals surface area contributed by atoms with E-state index < -0.39 is 0 Å². The van der Waals surface area contributed by atoms with Gasteiger partial charge in [0.25, 0.3) is 5.91 Å². The fourth-order valence-electron chi connectivity index (χ4n) is 2.54. The fourth-order valence-corrected chi connectivity index (χ4v) is 3.46. The number of nitrogens with one attached hydrogen (secondary N) is 1. The molecule has 3 rings (SSSR count). The van der Waals surface area contributed by atoms with Crippen LogP contribution in [-0.2, 0) is 0 Å². The Bertz CT molecular complexity index is 740. The van der Waals surface area contributed by atoms with Gasteiger partial charge >= 0.3 is 0 Å². The summed E-state index contributed by atoms with van der Waals surface area (Å²) in [6.07, 6.45) is 5.86. The first-order valence-corrected chi connectivity index (χ1v) is 9.03. The van der Waals surface area contributed by atoms with Crippen LogP contribution in [0.5, 0.6) is 0 Å². The zero-order valence-corrected chi connectivity index (χ0v) is 15.4. The molecule has 1 aliphatic rings. The summed E-state index contributed by atoms with van der Waals surface area (Å²) in [7, 11) is 3.75. The maximum atomic E-state index is 12.5. The van der Waals surface area contributed by atoms with Gasteiger partial charge in [0.1, 0.15) is 15.6 Å². The van der Waals surface area contributed by atoms with Crippen molar-refractivity contribution in [1.82, 2.24) is 25.2 Å². The van der Waals surface area contributed by atoms with Crippen LogP contribution in [0.25, 0.3) is 10.7 Å². The van der Waals surface area contributed by atoms with Gasteiger partial charge in [-0.3, -0.25) is 9.78 Å². The van der Waals surface area contributed by atoms with Crippen LogP contribution in [0.15, 0.2) is 12.4 Å². The Kier molecular flexibility index (Phi) is 4.91. The molecule has 2 heterocycles. The minimum atomic E-state index is 0.0361. The molecule has 1 N–H and O–H groups in total. The highest BCUT2D eigenvalue weighted by atomic mass is 32.1. The van der Waals surface area contributed by atoms with Gasteiger partial charge in [-0.2, -0.15) is 0 Å². The first-order chi connectivity index (χ1) is 11.5. The third-order valence-electron chi connectivity index (χ3n) is 4.26. The molecule has 128 valence electrons. The van der Waals surface area contributed by atoms with Crippen molar-refractivity contribution >= 4 is 17.2 Å². The third-order valence-corrected chi connectivity index (χ3v) is 5.25. The Labute approximate surface area is 146 Å². The molecular formula is C17H23N5OS. The lowest BCUT2D eigenvalue weighted by molar-refractivity contribution is 0.0793. The molecule has 0 aliphatic heterocycles. The van der Waals surface area contributed by atoms with Crippen LogP contribution in [0.4, 0.5) is 0 Å². The summed E-state index contributed by atoms with van der Waals surface area (Å²) >= 11 is 1.39. The van der Waals surface area contributed by atoms with Crippen LogP contribution < -0.4 is 5.32 Å². The number of carbonyl (C=O) groups is 1. The van der Waals surface area contributed by atoms with Gasteiger partial charge in [-0.05, 0) is 39.7 Å². The molecule has 7 heteroatoms. The average molecular weight is 345 g/mol. The predicted octanol–water partition coefficient (Wildman–Crippen LogP) is 2.67. The third kappa shape index (κ3) is 3.62. The molecule has 1 fully saturated rings. The number of rotatable bonds is 6. The topological polar surface area (TPSA) is 71.0 Å². The van der Waals surface area contributed by atoms with Gasteiger partial charge < -0.3 is 10.2 Å². The van der Waals surface area contributed by atoms with Gasteiger partial charge in [0, 0.05) is 25.8 Å². The molecule has 0 radical (unpaired) electrons. The van der Waals surface area contributed by atoms with Crippen LogP contribution in [0, 0.1) is 12.8 Å². The summed E-state index contributed by atoms with van der Waals surface area (Å²) < 4.78 is 0. The van der Waals surface area contributed by atoms with Crippen molar-refractivity contribution in [3.05, 3.63) is 28.7 Å². The van der Waals surface area contributed by atoms with Crippen LogP contribution in [0.3, 0.4) is 0 Å². The van der Waals surface area contributed by atoms with Crippen molar-refractivity contribution in [3.8, 4) is 10.7 Å². The van der Waals surface area contributed by atoms with Crippen LogP contribution in [0.2, 0.25) is 0 Å². The number of thiazole rings is 1.